The monoisotopic (exact) mass is 559 g/mol. The Hall–Kier alpha value is -3.22. The van der Waals surface area contributed by atoms with Crippen LogP contribution in [0.4, 0.5) is 0 Å². The van der Waals surface area contributed by atoms with Crippen molar-refractivity contribution >= 4 is 29.0 Å². The van der Waals surface area contributed by atoms with E-state index in [2.05, 4.69) is 47.8 Å². The maximum Gasteiger partial charge on any atom is 0.160 e. The van der Waals surface area contributed by atoms with Crippen LogP contribution in [-0.4, -0.2) is 38.2 Å². The molecule has 2 unspecified atom stereocenters. The number of piperidine rings is 1. The molecule has 1 fully saturated rings. The van der Waals surface area contributed by atoms with Crippen LogP contribution in [0.3, 0.4) is 0 Å². The lowest BCUT2D eigenvalue weighted by Crippen LogP contribution is -2.41. The summed E-state index contributed by atoms with van der Waals surface area (Å²) in [5.41, 5.74) is 4.15. The predicted molar refractivity (Wildman–Crippen MR) is 163 cm³/mol. The van der Waals surface area contributed by atoms with Gasteiger partial charge in [0, 0.05) is 24.4 Å². The second-order valence-electron chi connectivity index (χ2n) is 10.1. The SMILES string of the molecule is CC(=O)c1c(COC2CNCCC2c2ccc(OCCCOCc3ccccc3)cc2)ccc2ccccc12.Cl. The minimum Gasteiger partial charge on any atom is -0.494 e. The van der Waals surface area contributed by atoms with Crippen molar-refractivity contribution in [3.63, 3.8) is 0 Å². The van der Waals surface area contributed by atoms with Gasteiger partial charge in [-0.15, -0.1) is 12.4 Å². The van der Waals surface area contributed by atoms with Crippen molar-refractivity contribution in [3.8, 4) is 5.75 Å². The molecule has 210 valence electrons. The molecule has 1 aliphatic heterocycles. The number of ether oxygens (including phenoxy) is 3. The van der Waals surface area contributed by atoms with Crippen LogP contribution in [0.15, 0.2) is 91.0 Å². The van der Waals surface area contributed by atoms with Gasteiger partial charge in [0.25, 0.3) is 0 Å². The summed E-state index contributed by atoms with van der Waals surface area (Å²) in [6.07, 6.45) is 1.87. The first-order valence-electron chi connectivity index (χ1n) is 13.9. The number of nitrogens with one attached hydrogen (secondary N) is 1. The van der Waals surface area contributed by atoms with E-state index in [0.29, 0.717) is 26.4 Å². The summed E-state index contributed by atoms with van der Waals surface area (Å²) in [6.45, 7) is 5.72. The number of carbonyl (C=O) groups excluding carboxylic acids is 1. The number of halogens is 1. The topological polar surface area (TPSA) is 56.8 Å². The molecule has 0 radical (unpaired) electrons. The van der Waals surface area contributed by atoms with Gasteiger partial charge in [0.15, 0.2) is 5.78 Å². The largest absolute Gasteiger partial charge is 0.494 e. The summed E-state index contributed by atoms with van der Waals surface area (Å²) >= 11 is 0. The van der Waals surface area contributed by atoms with Crippen LogP contribution in [0.5, 0.6) is 5.75 Å². The number of Topliss-reactive ketones (excluding diaryl/α,β-unsaturated/α-hetero) is 1. The van der Waals surface area contributed by atoms with Gasteiger partial charge < -0.3 is 19.5 Å². The average Bonchev–Trinajstić information content (AvgIpc) is 2.98. The first-order chi connectivity index (χ1) is 19.2. The number of benzene rings is 4. The highest BCUT2D eigenvalue weighted by molar-refractivity contribution is 6.08. The third-order valence-corrected chi connectivity index (χ3v) is 7.37. The van der Waals surface area contributed by atoms with Gasteiger partial charge in [0.05, 0.1) is 32.5 Å². The molecule has 1 N–H and O–H groups in total. The molecule has 5 rings (SSSR count). The van der Waals surface area contributed by atoms with E-state index < -0.39 is 0 Å². The highest BCUT2D eigenvalue weighted by Gasteiger charge is 2.27. The van der Waals surface area contributed by atoms with E-state index in [-0.39, 0.29) is 30.2 Å². The Morgan fingerprint density at radius 2 is 1.65 bits per heavy atom. The second-order valence-corrected chi connectivity index (χ2v) is 10.1. The van der Waals surface area contributed by atoms with Crippen molar-refractivity contribution in [1.82, 2.24) is 5.32 Å². The van der Waals surface area contributed by atoms with Crippen LogP contribution in [0.25, 0.3) is 10.8 Å². The molecule has 0 amide bonds. The van der Waals surface area contributed by atoms with Gasteiger partial charge in [0.2, 0.25) is 0 Å². The van der Waals surface area contributed by atoms with E-state index in [9.17, 15) is 4.79 Å². The van der Waals surface area contributed by atoms with Crippen LogP contribution in [0.2, 0.25) is 0 Å². The summed E-state index contributed by atoms with van der Waals surface area (Å²) < 4.78 is 18.2. The van der Waals surface area contributed by atoms with E-state index in [0.717, 1.165) is 53.6 Å². The molecular formula is C34H38ClNO4. The van der Waals surface area contributed by atoms with E-state index >= 15 is 0 Å². The molecule has 0 aliphatic carbocycles. The molecule has 0 spiro atoms. The van der Waals surface area contributed by atoms with Gasteiger partial charge in [-0.05, 0) is 59.5 Å². The maximum atomic E-state index is 12.5. The van der Waals surface area contributed by atoms with E-state index in [1.165, 1.54) is 11.1 Å². The molecule has 4 aromatic carbocycles. The summed E-state index contributed by atoms with van der Waals surface area (Å²) in [4.78, 5) is 12.5. The normalized spacial score (nSPS) is 16.8. The Morgan fingerprint density at radius 3 is 2.45 bits per heavy atom. The Bertz CT molecular complexity index is 1360. The molecule has 0 aromatic heterocycles. The maximum absolute atomic E-state index is 12.5. The van der Waals surface area contributed by atoms with Gasteiger partial charge in [-0.3, -0.25) is 4.79 Å². The van der Waals surface area contributed by atoms with Crippen molar-refractivity contribution in [1.29, 1.82) is 0 Å². The number of carbonyl (C=O) groups is 1. The van der Waals surface area contributed by atoms with Crippen LogP contribution in [0, 0.1) is 0 Å². The molecule has 6 heteroatoms. The first-order valence-corrected chi connectivity index (χ1v) is 13.9. The number of rotatable bonds is 12. The standard InChI is InChI=1S/C34H37NO4.ClH/c1-25(36)34-29(13-12-27-10-5-6-11-32(27)34)24-39-33-22-35-19-18-31(33)28-14-16-30(17-15-28)38-21-7-20-37-23-26-8-3-2-4-9-26;/h2-6,8-17,31,33,35H,7,18-24H2,1H3;1H. The zero-order valence-electron chi connectivity index (χ0n) is 23.0. The Labute approximate surface area is 243 Å². The van der Waals surface area contributed by atoms with Crippen LogP contribution in [0.1, 0.15) is 52.7 Å². The number of ketones is 1. The number of hydrogen-bond donors (Lipinski definition) is 1. The molecule has 1 heterocycles. The van der Waals surface area contributed by atoms with Gasteiger partial charge in [0.1, 0.15) is 5.75 Å². The lowest BCUT2D eigenvalue weighted by Gasteiger charge is -2.33. The van der Waals surface area contributed by atoms with Crippen molar-refractivity contribution in [2.75, 3.05) is 26.3 Å². The Balaban J connectivity index is 0.00000370. The lowest BCUT2D eigenvalue weighted by atomic mass is 9.87. The minimum absolute atomic E-state index is 0. The van der Waals surface area contributed by atoms with E-state index in [1.807, 2.05) is 48.5 Å². The molecular weight excluding hydrogens is 522 g/mol. The second kappa shape index (κ2) is 15.0. The zero-order valence-corrected chi connectivity index (χ0v) is 23.8. The average molecular weight is 560 g/mol. The fourth-order valence-corrected chi connectivity index (χ4v) is 5.36. The van der Waals surface area contributed by atoms with E-state index in [4.69, 9.17) is 14.2 Å². The molecule has 4 aromatic rings. The molecule has 0 saturated carbocycles. The third kappa shape index (κ3) is 7.70. The third-order valence-electron chi connectivity index (χ3n) is 7.37. The smallest absolute Gasteiger partial charge is 0.160 e. The fourth-order valence-electron chi connectivity index (χ4n) is 5.36. The summed E-state index contributed by atoms with van der Waals surface area (Å²) in [7, 11) is 0. The van der Waals surface area contributed by atoms with Gasteiger partial charge in [-0.25, -0.2) is 0 Å². The summed E-state index contributed by atoms with van der Waals surface area (Å²) in [5, 5.41) is 5.54. The van der Waals surface area contributed by atoms with Gasteiger partial charge in [-0.1, -0.05) is 78.9 Å². The van der Waals surface area contributed by atoms with Crippen LogP contribution < -0.4 is 10.1 Å². The highest BCUT2D eigenvalue weighted by Crippen LogP contribution is 2.31. The highest BCUT2D eigenvalue weighted by atomic mass is 35.5. The molecule has 1 saturated heterocycles. The first kappa shape index (κ1) is 29.8. The summed E-state index contributed by atoms with van der Waals surface area (Å²) in [5.74, 6) is 1.23. The molecule has 5 nitrogen and oxygen atoms in total. The molecule has 0 bridgehead atoms. The Morgan fingerprint density at radius 1 is 0.875 bits per heavy atom. The van der Waals surface area contributed by atoms with E-state index in [1.54, 1.807) is 6.92 Å². The number of hydrogen-bond acceptors (Lipinski definition) is 5. The van der Waals surface area contributed by atoms with Gasteiger partial charge in [-0.2, -0.15) is 0 Å². The van der Waals surface area contributed by atoms with Crippen molar-refractivity contribution in [2.45, 2.75) is 45.0 Å². The van der Waals surface area contributed by atoms with Crippen molar-refractivity contribution in [2.24, 2.45) is 0 Å². The molecule has 2 atom stereocenters. The fraction of sp³-hybridized carbons (Fsp3) is 0.324. The summed E-state index contributed by atoms with van der Waals surface area (Å²) in [6, 6.07) is 30.8. The zero-order chi connectivity index (χ0) is 26.9. The minimum atomic E-state index is 0. The predicted octanol–water partition coefficient (Wildman–Crippen LogP) is 7.11. The quantitative estimate of drug-likeness (QED) is 0.148. The van der Waals surface area contributed by atoms with Crippen LogP contribution >= 0.6 is 12.4 Å². The molecule has 1 aliphatic rings. The van der Waals surface area contributed by atoms with Crippen LogP contribution in [-0.2, 0) is 22.7 Å². The van der Waals surface area contributed by atoms with Crippen molar-refractivity contribution in [3.05, 3.63) is 113 Å². The van der Waals surface area contributed by atoms with Crippen molar-refractivity contribution < 1.29 is 19.0 Å². The lowest BCUT2D eigenvalue weighted by molar-refractivity contribution is 0.0104. The van der Waals surface area contributed by atoms with Gasteiger partial charge >= 0.3 is 0 Å². The molecule has 40 heavy (non-hydrogen) atoms. The Kier molecular flexibility index (Phi) is 11.1. The number of fused-ring (bicyclic) bond motifs is 1.